The molecule has 1 aliphatic rings. The lowest BCUT2D eigenvalue weighted by molar-refractivity contribution is 0.191. The zero-order valence-corrected chi connectivity index (χ0v) is 16.9. The average molecular weight is 367 g/mol. The van der Waals surface area contributed by atoms with Gasteiger partial charge in [-0.15, -0.1) is 10.2 Å². The highest BCUT2D eigenvalue weighted by molar-refractivity contribution is 5.81. The lowest BCUT2D eigenvalue weighted by Gasteiger charge is -2.32. The van der Waals surface area contributed by atoms with Crippen molar-refractivity contribution < 1.29 is 0 Å². The molecule has 6 nitrogen and oxygen atoms in total. The Morgan fingerprint density at radius 3 is 2.70 bits per heavy atom. The van der Waals surface area contributed by atoms with Crippen LogP contribution < -0.4 is 0 Å². The summed E-state index contributed by atoms with van der Waals surface area (Å²) in [5.74, 6) is 2.64. The quantitative estimate of drug-likeness (QED) is 0.696. The maximum absolute atomic E-state index is 4.54. The zero-order valence-electron chi connectivity index (χ0n) is 16.9. The van der Waals surface area contributed by atoms with Gasteiger partial charge in [-0.1, -0.05) is 18.2 Å². The SMILES string of the molecule is CN(C)Cc1nnc([C@H]2CCCN(Cc3cc4ccccc4n3C)C2)n1C. The number of rotatable bonds is 5. The molecule has 3 aromatic rings. The first-order chi connectivity index (χ1) is 13.0. The van der Waals surface area contributed by atoms with Gasteiger partial charge in [-0.05, 0) is 51.0 Å². The summed E-state index contributed by atoms with van der Waals surface area (Å²) in [5.41, 5.74) is 2.69. The van der Waals surface area contributed by atoms with Gasteiger partial charge in [0.2, 0.25) is 0 Å². The van der Waals surface area contributed by atoms with Crippen molar-refractivity contribution in [2.75, 3.05) is 27.2 Å². The van der Waals surface area contributed by atoms with Crippen molar-refractivity contribution in [3.05, 3.63) is 47.7 Å². The number of aryl methyl sites for hydroxylation is 1. The monoisotopic (exact) mass is 366 g/mol. The van der Waals surface area contributed by atoms with Crippen LogP contribution >= 0.6 is 0 Å². The van der Waals surface area contributed by atoms with Crippen LogP contribution in [0.15, 0.2) is 30.3 Å². The highest BCUT2D eigenvalue weighted by Crippen LogP contribution is 2.28. The minimum absolute atomic E-state index is 0.460. The van der Waals surface area contributed by atoms with Crippen molar-refractivity contribution in [3.8, 4) is 0 Å². The van der Waals surface area contributed by atoms with Gasteiger partial charge < -0.3 is 14.0 Å². The largest absolute Gasteiger partial charge is 0.346 e. The third kappa shape index (κ3) is 3.64. The lowest BCUT2D eigenvalue weighted by atomic mass is 9.97. The molecule has 0 radical (unpaired) electrons. The third-order valence-corrected chi connectivity index (χ3v) is 5.76. The Morgan fingerprint density at radius 1 is 1.11 bits per heavy atom. The predicted octanol–water partition coefficient (Wildman–Crippen LogP) is 2.75. The van der Waals surface area contributed by atoms with E-state index in [1.54, 1.807) is 0 Å². The number of fused-ring (bicyclic) bond motifs is 1. The predicted molar refractivity (Wildman–Crippen MR) is 109 cm³/mol. The summed E-state index contributed by atoms with van der Waals surface area (Å²) in [4.78, 5) is 4.71. The zero-order chi connectivity index (χ0) is 19.0. The third-order valence-electron chi connectivity index (χ3n) is 5.76. The van der Waals surface area contributed by atoms with Crippen LogP contribution in [0.2, 0.25) is 0 Å². The van der Waals surface area contributed by atoms with Crippen LogP contribution in [0.1, 0.15) is 36.1 Å². The molecule has 1 saturated heterocycles. The van der Waals surface area contributed by atoms with E-state index in [1.165, 1.54) is 29.4 Å². The van der Waals surface area contributed by atoms with Gasteiger partial charge in [0.25, 0.3) is 0 Å². The molecule has 1 fully saturated rings. The number of nitrogens with zero attached hydrogens (tertiary/aromatic N) is 6. The number of hydrogen-bond donors (Lipinski definition) is 0. The fraction of sp³-hybridized carbons (Fsp3) is 0.524. The van der Waals surface area contributed by atoms with Crippen LogP contribution in [-0.2, 0) is 27.2 Å². The lowest BCUT2D eigenvalue weighted by Crippen LogP contribution is -2.35. The summed E-state index contributed by atoms with van der Waals surface area (Å²) in [6, 6.07) is 11.0. The summed E-state index contributed by atoms with van der Waals surface area (Å²) in [5, 5.41) is 10.3. The summed E-state index contributed by atoms with van der Waals surface area (Å²) in [6.07, 6.45) is 2.41. The molecule has 4 rings (SSSR count). The van der Waals surface area contributed by atoms with Crippen molar-refractivity contribution in [3.63, 3.8) is 0 Å². The molecule has 1 aliphatic heterocycles. The maximum atomic E-state index is 4.54. The number of hydrogen-bond acceptors (Lipinski definition) is 4. The summed E-state index contributed by atoms with van der Waals surface area (Å²) < 4.78 is 4.53. The maximum Gasteiger partial charge on any atom is 0.146 e. The highest BCUT2D eigenvalue weighted by Gasteiger charge is 2.26. The van der Waals surface area contributed by atoms with Crippen LogP contribution in [0.5, 0.6) is 0 Å². The van der Waals surface area contributed by atoms with Gasteiger partial charge >= 0.3 is 0 Å². The Morgan fingerprint density at radius 2 is 1.93 bits per heavy atom. The number of likely N-dealkylation sites (tertiary alicyclic amines) is 1. The second-order valence-electron chi connectivity index (χ2n) is 8.10. The smallest absolute Gasteiger partial charge is 0.146 e. The molecular formula is C21H30N6. The molecule has 2 aromatic heterocycles. The van der Waals surface area contributed by atoms with Gasteiger partial charge in [-0.2, -0.15) is 0 Å². The molecule has 0 bridgehead atoms. The van der Waals surface area contributed by atoms with Crippen LogP contribution in [0.4, 0.5) is 0 Å². The Kier molecular flexibility index (Phi) is 5.02. The number of aromatic nitrogens is 4. The first-order valence-electron chi connectivity index (χ1n) is 9.81. The van der Waals surface area contributed by atoms with Gasteiger partial charge in [0.05, 0.1) is 6.54 Å². The normalized spacial score (nSPS) is 18.6. The van der Waals surface area contributed by atoms with Gasteiger partial charge in [0, 0.05) is 44.3 Å². The molecule has 0 aliphatic carbocycles. The second kappa shape index (κ2) is 7.44. The van der Waals surface area contributed by atoms with Crippen molar-refractivity contribution in [1.82, 2.24) is 29.1 Å². The average Bonchev–Trinajstić information content (AvgIpc) is 3.16. The second-order valence-corrected chi connectivity index (χ2v) is 8.10. The van der Waals surface area contributed by atoms with E-state index < -0.39 is 0 Å². The minimum atomic E-state index is 0.460. The van der Waals surface area contributed by atoms with Gasteiger partial charge in [-0.25, -0.2) is 0 Å². The van der Waals surface area contributed by atoms with E-state index in [0.717, 1.165) is 37.8 Å². The highest BCUT2D eigenvalue weighted by atomic mass is 15.3. The molecule has 0 amide bonds. The molecule has 144 valence electrons. The van der Waals surface area contributed by atoms with Gasteiger partial charge in [0.15, 0.2) is 0 Å². The van der Waals surface area contributed by atoms with Crippen LogP contribution in [0.3, 0.4) is 0 Å². The molecule has 0 unspecified atom stereocenters. The number of benzene rings is 1. The minimum Gasteiger partial charge on any atom is -0.346 e. The fourth-order valence-corrected chi connectivity index (χ4v) is 4.29. The number of piperidine rings is 1. The number of para-hydroxylation sites is 1. The molecule has 6 heteroatoms. The summed E-state index contributed by atoms with van der Waals surface area (Å²) in [7, 11) is 8.42. The Balaban J connectivity index is 1.50. The Labute approximate surface area is 161 Å². The van der Waals surface area contributed by atoms with E-state index in [2.05, 4.69) is 87.7 Å². The molecule has 3 heterocycles. The van der Waals surface area contributed by atoms with E-state index in [4.69, 9.17) is 0 Å². The molecule has 0 spiro atoms. The molecule has 0 N–H and O–H groups in total. The van der Waals surface area contributed by atoms with Crippen molar-refractivity contribution in [2.24, 2.45) is 14.1 Å². The molecule has 1 aromatic carbocycles. The van der Waals surface area contributed by atoms with Crippen molar-refractivity contribution in [2.45, 2.75) is 31.8 Å². The first-order valence-corrected chi connectivity index (χ1v) is 9.81. The first kappa shape index (κ1) is 18.2. The fourth-order valence-electron chi connectivity index (χ4n) is 4.29. The molecule has 27 heavy (non-hydrogen) atoms. The van der Waals surface area contributed by atoms with E-state index >= 15 is 0 Å². The van der Waals surface area contributed by atoms with Gasteiger partial charge in [-0.3, -0.25) is 4.90 Å². The van der Waals surface area contributed by atoms with Crippen LogP contribution in [0, 0.1) is 0 Å². The Bertz CT molecular complexity index is 922. The van der Waals surface area contributed by atoms with Gasteiger partial charge in [0.1, 0.15) is 11.6 Å². The molecular weight excluding hydrogens is 336 g/mol. The van der Waals surface area contributed by atoms with E-state index in [-0.39, 0.29) is 0 Å². The molecule has 0 saturated carbocycles. The van der Waals surface area contributed by atoms with E-state index in [1.807, 2.05) is 0 Å². The van der Waals surface area contributed by atoms with E-state index in [0.29, 0.717) is 5.92 Å². The topological polar surface area (TPSA) is 42.1 Å². The summed E-state index contributed by atoms with van der Waals surface area (Å²) >= 11 is 0. The summed E-state index contributed by atoms with van der Waals surface area (Å²) in [6.45, 7) is 4.02. The van der Waals surface area contributed by atoms with Crippen LogP contribution in [0.25, 0.3) is 10.9 Å². The van der Waals surface area contributed by atoms with Crippen molar-refractivity contribution >= 4 is 10.9 Å². The standard InChI is InChI=1S/C21H30N6/c1-24(2)15-20-22-23-21(26(20)4)17-9-7-11-27(13-17)14-18-12-16-8-5-6-10-19(16)25(18)3/h5-6,8,10,12,17H,7,9,11,13-15H2,1-4H3/t17-/m0/s1. The van der Waals surface area contributed by atoms with Crippen LogP contribution in [-0.4, -0.2) is 56.3 Å². The Hall–Kier alpha value is -2.18. The van der Waals surface area contributed by atoms with Crippen molar-refractivity contribution in [1.29, 1.82) is 0 Å². The molecule has 1 atom stereocenters. The van der Waals surface area contributed by atoms with E-state index in [9.17, 15) is 0 Å².